The van der Waals surface area contributed by atoms with E-state index >= 15 is 0 Å². The summed E-state index contributed by atoms with van der Waals surface area (Å²) in [7, 11) is 3.85. The zero-order valence-corrected chi connectivity index (χ0v) is 15.6. The summed E-state index contributed by atoms with van der Waals surface area (Å²) in [6.45, 7) is 2.00. The fraction of sp³-hybridized carbons (Fsp3) is 0.429. The van der Waals surface area contributed by atoms with Crippen LogP contribution in [0, 0.1) is 6.92 Å². The molecular formula is C21H25N3O2. The molecule has 2 heterocycles. The number of benzene rings is 1. The Morgan fingerprint density at radius 3 is 2.65 bits per heavy atom. The predicted octanol–water partition coefficient (Wildman–Crippen LogP) is 3.76. The first-order chi connectivity index (χ1) is 12.5. The minimum absolute atomic E-state index is 0.0667. The normalized spacial score (nSPS) is 17.0. The Morgan fingerprint density at radius 2 is 1.92 bits per heavy atom. The van der Waals surface area contributed by atoms with Crippen molar-refractivity contribution in [2.45, 2.75) is 44.9 Å². The van der Waals surface area contributed by atoms with Crippen LogP contribution in [0.4, 0.5) is 11.4 Å². The molecule has 136 valence electrons. The van der Waals surface area contributed by atoms with Crippen molar-refractivity contribution in [1.29, 1.82) is 0 Å². The maximum Gasteiger partial charge on any atom is 0.257 e. The van der Waals surface area contributed by atoms with Gasteiger partial charge in [0.05, 0.1) is 5.56 Å². The predicted molar refractivity (Wildman–Crippen MR) is 103 cm³/mol. The summed E-state index contributed by atoms with van der Waals surface area (Å²) in [5.74, 6) is 0.692. The van der Waals surface area contributed by atoms with Gasteiger partial charge in [-0.2, -0.15) is 0 Å². The summed E-state index contributed by atoms with van der Waals surface area (Å²) < 4.78 is 2.14. The lowest BCUT2D eigenvalue weighted by Crippen LogP contribution is -2.25. The first kappa shape index (κ1) is 16.9. The molecule has 0 bridgehead atoms. The number of hydrogen-bond acceptors (Lipinski definition) is 2. The highest BCUT2D eigenvalue weighted by molar-refractivity contribution is 6.05. The molecule has 4 rings (SSSR count). The van der Waals surface area contributed by atoms with Crippen LogP contribution < -0.4 is 10.2 Å². The highest BCUT2D eigenvalue weighted by atomic mass is 16.2. The van der Waals surface area contributed by atoms with Crippen LogP contribution in [0.15, 0.2) is 24.3 Å². The van der Waals surface area contributed by atoms with Crippen LogP contribution in [0.1, 0.15) is 58.9 Å². The lowest BCUT2D eigenvalue weighted by atomic mass is 10.1. The number of aryl methyl sites for hydroxylation is 1. The average Bonchev–Trinajstić information content (AvgIpc) is 3.42. The highest BCUT2D eigenvalue weighted by Crippen LogP contribution is 2.41. The average molecular weight is 351 g/mol. The number of amides is 2. The Labute approximate surface area is 154 Å². The van der Waals surface area contributed by atoms with E-state index in [9.17, 15) is 9.59 Å². The summed E-state index contributed by atoms with van der Waals surface area (Å²) in [4.78, 5) is 26.5. The molecule has 0 atom stereocenters. The third-order valence-electron chi connectivity index (χ3n) is 5.72. The van der Waals surface area contributed by atoms with E-state index in [0.29, 0.717) is 12.3 Å². The Balaban J connectivity index is 1.58. The molecule has 1 fully saturated rings. The molecule has 2 aliphatic rings. The number of carbonyl (C=O) groups excluding carboxylic acids is 2. The second-order valence-electron chi connectivity index (χ2n) is 7.51. The lowest BCUT2D eigenvalue weighted by molar-refractivity contribution is -0.118. The largest absolute Gasteiger partial charge is 0.351 e. The van der Waals surface area contributed by atoms with Crippen LogP contribution in [-0.4, -0.2) is 23.4 Å². The third-order valence-corrected chi connectivity index (χ3v) is 5.72. The Morgan fingerprint density at radius 1 is 1.15 bits per heavy atom. The van der Waals surface area contributed by atoms with Crippen LogP contribution in [0.5, 0.6) is 0 Å². The summed E-state index contributed by atoms with van der Waals surface area (Å²) in [5, 5.41) is 3.04. The van der Waals surface area contributed by atoms with Gasteiger partial charge in [-0.15, -0.1) is 0 Å². The molecule has 0 radical (unpaired) electrons. The zero-order valence-electron chi connectivity index (χ0n) is 15.6. The third kappa shape index (κ3) is 2.91. The molecule has 1 aliphatic heterocycles. The molecule has 0 unspecified atom stereocenters. The molecular weight excluding hydrogens is 326 g/mol. The molecule has 1 saturated carbocycles. The standard InChI is InChI=1S/C21H25N3O2/c1-13-17(12-19(23(13)2)14-7-8-14)21(26)22-16-9-10-18-15(11-16)5-4-6-20(25)24(18)3/h9-12,14H,4-8H2,1-3H3,(H,22,26). The minimum Gasteiger partial charge on any atom is -0.351 e. The molecule has 1 N–H and O–H groups in total. The van der Waals surface area contributed by atoms with Crippen molar-refractivity contribution in [3.05, 3.63) is 46.8 Å². The van der Waals surface area contributed by atoms with Crippen molar-refractivity contribution in [3.8, 4) is 0 Å². The summed E-state index contributed by atoms with van der Waals surface area (Å²) in [6, 6.07) is 7.86. The van der Waals surface area contributed by atoms with Gasteiger partial charge < -0.3 is 14.8 Å². The fourth-order valence-electron chi connectivity index (χ4n) is 3.85. The van der Waals surface area contributed by atoms with Crippen LogP contribution in [0.2, 0.25) is 0 Å². The van der Waals surface area contributed by atoms with Crippen LogP contribution in [0.3, 0.4) is 0 Å². The topological polar surface area (TPSA) is 54.3 Å². The maximum absolute atomic E-state index is 12.8. The van der Waals surface area contributed by atoms with Crippen molar-refractivity contribution >= 4 is 23.2 Å². The first-order valence-electron chi connectivity index (χ1n) is 9.32. The number of fused-ring (bicyclic) bond motifs is 1. The maximum atomic E-state index is 12.8. The highest BCUT2D eigenvalue weighted by Gasteiger charge is 2.29. The molecule has 1 aromatic heterocycles. The van der Waals surface area contributed by atoms with Gasteiger partial charge in [-0.1, -0.05) is 0 Å². The molecule has 26 heavy (non-hydrogen) atoms. The summed E-state index contributed by atoms with van der Waals surface area (Å²) >= 11 is 0. The minimum atomic E-state index is -0.0667. The zero-order chi connectivity index (χ0) is 18.4. The van der Waals surface area contributed by atoms with Gasteiger partial charge in [0, 0.05) is 43.3 Å². The van der Waals surface area contributed by atoms with Gasteiger partial charge in [-0.25, -0.2) is 0 Å². The Hall–Kier alpha value is -2.56. The van der Waals surface area contributed by atoms with Gasteiger partial charge in [0.25, 0.3) is 5.91 Å². The lowest BCUT2D eigenvalue weighted by Gasteiger charge is -2.18. The molecule has 0 saturated heterocycles. The van der Waals surface area contributed by atoms with Gasteiger partial charge in [0.15, 0.2) is 0 Å². The van der Waals surface area contributed by atoms with Gasteiger partial charge in [0.1, 0.15) is 0 Å². The molecule has 5 heteroatoms. The van der Waals surface area contributed by atoms with E-state index in [-0.39, 0.29) is 11.8 Å². The van der Waals surface area contributed by atoms with Crippen molar-refractivity contribution in [3.63, 3.8) is 0 Å². The van der Waals surface area contributed by atoms with Crippen molar-refractivity contribution in [2.24, 2.45) is 7.05 Å². The number of anilines is 2. The number of hydrogen-bond donors (Lipinski definition) is 1. The van der Waals surface area contributed by atoms with Crippen molar-refractivity contribution < 1.29 is 9.59 Å². The van der Waals surface area contributed by atoms with Gasteiger partial charge >= 0.3 is 0 Å². The molecule has 1 aliphatic carbocycles. The second kappa shape index (κ2) is 6.31. The van der Waals surface area contributed by atoms with Crippen LogP contribution >= 0.6 is 0 Å². The molecule has 2 amide bonds. The van der Waals surface area contributed by atoms with Crippen LogP contribution in [0.25, 0.3) is 0 Å². The van der Waals surface area contributed by atoms with Crippen molar-refractivity contribution in [2.75, 3.05) is 17.3 Å². The monoisotopic (exact) mass is 351 g/mol. The van der Waals surface area contributed by atoms with E-state index in [1.54, 1.807) is 4.90 Å². The van der Waals surface area contributed by atoms with Gasteiger partial charge in [-0.3, -0.25) is 9.59 Å². The van der Waals surface area contributed by atoms with E-state index in [4.69, 9.17) is 0 Å². The molecule has 0 spiro atoms. The molecule has 2 aromatic rings. The van der Waals surface area contributed by atoms with E-state index in [2.05, 4.69) is 9.88 Å². The van der Waals surface area contributed by atoms with E-state index in [1.807, 2.05) is 45.3 Å². The van der Waals surface area contributed by atoms with E-state index in [0.717, 1.165) is 41.0 Å². The second-order valence-corrected chi connectivity index (χ2v) is 7.51. The SMILES string of the molecule is Cc1c(C(=O)Nc2ccc3c(c2)CCCC(=O)N3C)cc(C2CC2)n1C. The summed E-state index contributed by atoms with van der Waals surface area (Å²) in [6.07, 6.45) is 4.70. The smallest absolute Gasteiger partial charge is 0.257 e. The Kier molecular flexibility index (Phi) is 4.10. The number of carbonyl (C=O) groups is 2. The Bertz CT molecular complexity index is 893. The van der Waals surface area contributed by atoms with Crippen molar-refractivity contribution in [1.82, 2.24) is 4.57 Å². The summed E-state index contributed by atoms with van der Waals surface area (Å²) in [5.41, 5.74) is 5.85. The fourth-order valence-corrected chi connectivity index (χ4v) is 3.85. The van der Waals surface area contributed by atoms with Gasteiger partial charge in [-0.05, 0) is 68.4 Å². The van der Waals surface area contributed by atoms with Crippen LogP contribution in [-0.2, 0) is 18.3 Å². The quantitative estimate of drug-likeness (QED) is 0.915. The van der Waals surface area contributed by atoms with Gasteiger partial charge in [0.2, 0.25) is 5.91 Å². The molecule has 5 nitrogen and oxygen atoms in total. The van der Waals surface area contributed by atoms with E-state index in [1.165, 1.54) is 18.5 Å². The number of rotatable bonds is 3. The number of nitrogens with one attached hydrogen (secondary N) is 1. The number of aromatic nitrogens is 1. The first-order valence-corrected chi connectivity index (χ1v) is 9.32. The molecule has 1 aromatic carbocycles. The number of nitrogens with zero attached hydrogens (tertiary/aromatic N) is 2. The van der Waals surface area contributed by atoms with E-state index < -0.39 is 0 Å².